The molecule has 1 amide bonds. The van der Waals surface area contributed by atoms with Gasteiger partial charge in [0.25, 0.3) is 5.89 Å². The Morgan fingerprint density at radius 2 is 1.79 bits per heavy atom. The number of amides is 1. The lowest BCUT2D eigenvalue weighted by Gasteiger charge is -2.15. The molecule has 1 saturated heterocycles. The number of hydrogen-bond acceptors (Lipinski definition) is 6. The average Bonchev–Trinajstić information content (AvgIpc) is 3.35. The fourth-order valence-corrected chi connectivity index (χ4v) is 3.20. The standard InChI is InChI=1S/C20H18FN3O4/c1-26-16-7-12(8-17(10-16)27-2)20-22-19(23-28-20)13-9-18(25)24(11-13)15-5-3-14(21)4-6-15/h3-8,10,13H,9,11H2,1-2H3/t13-/m1/s1. The Morgan fingerprint density at radius 1 is 1.11 bits per heavy atom. The van der Waals surface area contributed by atoms with Crippen molar-refractivity contribution in [2.75, 3.05) is 25.7 Å². The van der Waals surface area contributed by atoms with Crippen LogP contribution in [-0.2, 0) is 4.79 Å². The quantitative estimate of drug-likeness (QED) is 0.672. The van der Waals surface area contributed by atoms with Crippen LogP contribution in [0.2, 0.25) is 0 Å². The van der Waals surface area contributed by atoms with Gasteiger partial charge >= 0.3 is 0 Å². The third kappa shape index (κ3) is 3.40. The van der Waals surface area contributed by atoms with Crippen LogP contribution in [0.1, 0.15) is 18.2 Å². The summed E-state index contributed by atoms with van der Waals surface area (Å²) in [6, 6.07) is 11.1. The van der Waals surface area contributed by atoms with Crippen LogP contribution in [0.5, 0.6) is 11.5 Å². The molecule has 0 spiro atoms. The van der Waals surface area contributed by atoms with Crippen molar-refractivity contribution in [2.45, 2.75) is 12.3 Å². The van der Waals surface area contributed by atoms with Gasteiger partial charge in [-0.25, -0.2) is 4.39 Å². The van der Waals surface area contributed by atoms with E-state index in [1.807, 2.05) is 0 Å². The Labute approximate surface area is 160 Å². The highest BCUT2D eigenvalue weighted by Crippen LogP contribution is 2.33. The van der Waals surface area contributed by atoms with E-state index >= 15 is 0 Å². The minimum Gasteiger partial charge on any atom is -0.497 e. The van der Waals surface area contributed by atoms with Crippen LogP contribution in [0, 0.1) is 5.82 Å². The lowest BCUT2D eigenvalue weighted by molar-refractivity contribution is -0.117. The summed E-state index contributed by atoms with van der Waals surface area (Å²) in [6.07, 6.45) is 0.262. The molecule has 0 N–H and O–H groups in total. The molecule has 0 bridgehead atoms. The number of ether oxygens (including phenoxy) is 2. The number of hydrogen-bond donors (Lipinski definition) is 0. The van der Waals surface area contributed by atoms with Crippen molar-refractivity contribution >= 4 is 11.6 Å². The van der Waals surface area contributed by atoms with E-state index in [4.69, 9.17) is 14.0 Å². The van der Waals surface area contributed by atoms with Crippen LogP contribution in [0.4, 0.5) is 10.1 Å². The van der Waals surface area contributed by atoms with E-state index in [1.165, 1.54) is 12.1 Å². The zero-order valence-electron chi connectivity index (χ0n) is 15.4. The van der Waals surface area contributed by atoms with Gasteiger partial charge in [-0.2, -0.15) is 4.98 Å². The molecule has 8 heteroatoms. The second-order valence-electron chi connectivity index (χ2n) is 6.44. The van der Waals surface area contributed by atoms with Gasteiger partial charge in [0.1, 0.15) is 17.3 Å². The van der Waals surface area contributed by atoms with E-state index in [2.05, 4.69) is 10.1 Å². The molecule has 0 aliphatic carbocycles. The summed E-state index contributed by atoms with van der Waals surface area (Å²) in [5, 5.41) is 4.06. The van der Waals surface area contributed by atoms with E-state index in [0.29, 0.717) is 41.0 Å². The molecule has 2 aromatic carbocycles. The highest BCUT2D eigenvalue weighted by atomic mass is 19.1. The first-order valence-corrected chi connectivity index (χ1v) is 8.70. The zero-order valence-corrected chi connectivity index (χ0v) is 15.4. The van der Waals surface area contributed by atoms with Crippen molar-refractivity contribution in [3.05, 3.63) is 54.1 Å². The molecule has 2 heterocycles. The van der Waals surface area contributed by atoms with Gasteiger partial charge in [-0.3, -0.25) is 4.79 Å². The smallest absolute Gasteiger partial charge is 0.258 e. The van der Waals surface area contributed by atoms with Crippen molar-refractivity contribution in [2.24, 2.45) is 0 Å². The summed E-state index contributed by atoms with van der Waals surface area (Å²) >= 11 is 0. The number of rotatable bonds is 5. The summed E-state index contributed by atoms with van der Waals surface area (Å²) < 4.78 is 29.1. The molecule has 0 unspecified atom stereocenters. The molecule has 7 nitrogen and oxygen atoms in total. The molecule has 144 valence electrons. The first-order valence-electron chi connectivity index (χ1n) is 8.70. The summed E-state index contributed by atoms with van der Waals surface area (Å²) in [5.74, 6) is 1.37. The molecule has 0 radical (unpaired) electrons. The molecule has 0 saturated carbocycles. The molecular formula is C20H18FN3O4. The van der Waals surface area contributed by atoms with Crippen molar-refractivity contribution in [1.82, 2.24) is 10.1 Å². The number of nitrogens with zero attached hydrogens (tertiary/aromatic N) is 3. The highest BCUT2D eigenvalue weighted by molar-refractivity contribution is 5.96. The lowest BCUT2D eigenvalue weighted by Crippen LogP contribution is -2.24. The molecule has 1 fully saturated rings. The second-order valence-corrected chi connectivity index (χ2v) is 6.44. The first kappa shape index (κ1) is 18.0. The summed E-state index contributed by atoms with van der Waals surface area (Å²) in [7, 11) is 3.12. The second kappa shape index (κ2) is 7.30. The van der Waals surface area contributed by atoms with E-state index < -0.39 is 0 Å². The van der Waals surface area contributed by atoms with E-state index in [0.717, 1.165) is 0 Å². The average molecular weight is 383 g/mol. The largest absolute Gasteiger partial charge is 0.497 e. The Hall–Kier alpha value is -3.42. The van der Waals surface area contributed by atoms with E-state index in [1.54, 1.807) is 49.5 Å². The summed E-state index contributed by atoms with van der Waals surface area (Å²) in [5.41, 5.74) is 1.31. The molecule has 3 aromatic rings. The third-order valence-electron chi connectivity index (χ3n) is 4.67. The monoisotopic (exact) mass is 383 g/mol. The topological polar surface area (TPSA) is 77.7 Å². The van der Waals surface area contributed by atoms with Crippen LogP contribution >= 0.6 is 0 Å². The maximum atomic E-state index is 13.1. The first-order chi connectivity index (χ1) is 13.6. The molecule has 1 atom stereocenters. The predicted molar refractivity (Wildman–Crippen MR) is 98.9 cm³/mol. The van der Waals surface area contributed by atoms with Crippen LogP contribution in [0.3, 0.4) is 0 Å². The Balaban J connectivity index is 1.57. The normalized spacial score (nSPS) is 16.5. The van der Waals surface area contributed by atoms with Gasteiger partial charge in [0.2, 0.25) is 5.91 Å². The van der Waals surface area contributed by atoms with Gasteiger partial charge in [-0.05, 0) is 36.4 Å². The molecule has 1 aromatic heterocycles. The van der Waals surface area contributed by atoms with Gasteiger partial charge in [0, 0.05) is 36.2 Å². The van der Waals surface area contributed by atoms with Crippen molar-refractivity contribution in [1.29, 1.82) is 0 Å². The Morgan fingerprint density at radius 3 is 2.43 bits per heavy atom. The maximum Gasteiger partial charge on any atom is 0.258 e. The van der Waals surface area contributed by atoms with Gasteiger partial charge in [-0.15, -0.1) is 0 Å². The van der Waals surface area contributed by atoms with Crippen molar-refractivity contribution in [3.63, 3.8) is 0 Å². The summed E-state index contributed by atoms with van der Waals surface area (Å²) in [4.78, 5) is 18.5. The van der Waals surface area contributed by atoms with Crippen molar-refractivity contribution in [3.8, 4) is 23.0 Å². The number of aromatic nitrogens is 2. The van der Waals surface area contributed by atoms with Crippen LogP contribution in [0.25, 0.3) is 11.5 Å². The number of carbonyl (C=O) groups is 1. The van der Waals surface area contributed by atoms with Gasteiger partial charge < -0.3 is 18.9 Å². The Kier molecular flexibility index (Phi) is 4.68. The number of carbonyl (C=O) groups excluding carboxylic acids is 1. The third-order valence-corrected chi connectivity index (χ3v) is 4.67. The van der Waals surface area contributed by atoms with Crippen molar-refractivity contribution < 1.29 is 23.2 Å². The highest BCUT2D eigenvalue weighted by Gasteiger charge is 2.34. The lowest BCUT2D eigenvalue weighted by atomic mass is 10.1. The fraction of sp³-hybridized carbons (Fsp3) is 0.250. The van der Waals surface area contributed by atoms with Crippen LogP contribution in [-0.4, -0.2) is 36.8 Å². The zero-order chi connectivity index (χ0) is 19.7. The number of halogens is 1. The van der Waals surface area contributed by atoms with Gasteiger partial charge in [0.05, 0.1) is 14.2 Å². The SMILES string of the molecule is COc1cc(OC)cc(-c2nc([C@@H]3CC(=O)N(c4ccc(F)cc4)C3)no2)c1. The predicted octanol–water partition coefficient (Wildman–Crippen LogP) is 3.41. The molecule has 1 aliphatic rings. The minimum atomic E-state index is -0.344. The maximum absolute atomic E-state index is 13.1. The van der Waals surface area contributed by atoms with Gasteiger partial charge in [0.15, 0.2) is 5.82 Å². The van der Waals surface area contributed by atoms with Gasteiger partial charge in [-0.1, -0.05) is 5.16 Å². The number of benzene rings is 2. The van der Waals surface area contributed by atoms with Crippen LogP contribution in [0.15, 0.2) is 47.0 Å². The summed E-state index contributed by atoms with van der Waals surface area (Å²) in [6.45, 7) is 0.408. The molecular weight excluding hydrogens is 365 g/mol. The molecule has 1 aliphatic heterocycles. The number of anilines is 1. The molecule has 28 heavy (non-hydrogen) atoms. The fourth-order valence-electron chi connectivity index (χ4n) is 3.20. The molecule has 4 rings (SSSR count). The van der Waals surface area contributed by atoms with Crippen LogP contribution < -0.4 is 14.4 Å². The van der Waals surface area contributed by atoms with E-state index in [-0.39, 0.29) is 24.1 Å². The number of methoxy groups -OCH3 is 2. The minimum absolute atomic E-state index is 0.0639. The van der Waals surface area contributed by atoms with E-state index in [9.17, 15) is 9.18 Å². The Bertz CT molecular complexity index is 981.